The van der Waals surface area contributed by atoms with Crippen LogP contribution in [0.4, 0.5) is 8.78 Å². The van der Waals surface area contributed by atoms with E-state index >= 15 is 0 Å². The average Bonchev–Trinajstić information content (AvgIpc) is 2.90. The van der Waals surface area contributed by atoms with Crippen molar-refractivity contribution in [3.05, 3.63) is 48.3 Å². The minimum Gasteiger partial charge on any atom is -0.341 e. The fourth-order valence-corrected chi connectivity index (χ4v) is 2.71. The highest BCUT2D eigenvalue weighted by Crippen LogP contribution is 2.24. The molecule has 3 heterocycles. The molecule has 3 aromatic rings. The molecule has 122 valence electrons. The van der Waals surface area contributed by atoms with Crippen molar-refractivity contribution < 1.29 is 13.6 Å². The van der Waals surface area contributed by atoms with E-state index in [0.29, 0.717) is 22.2 Å². The number of benzene rings is 1. The van der Waals surface area contributed by atoms with Gasteiger partial charge < -0.3 is 4.90 Å². The van der Waals surface area contributed by atoms with Gasteiger partial charge in [-0.25, -0.2) is 8.78 Å². The normalized spacial score (nSPS) is 14.0. The molecule has 1 aromatic carbocycles. The number of nitrogens with zero attached hydrogens (tertiary/aromatic N) is 4. The highest BCUT2D eigenvalue weighted by molar-refractivity contribution is 5.83. The molecule has 0 aliphatic carbocycles. The largest absolute Gasteiger partial charge is 0.341 e. The number of fused-ring (bicyclic) bond motifs is 1. The zero-order valence-electron chi connectivity index (χ0n) is 12.7. The van der Waals surface area contributed by atoms with Crippen LogP contribution in [0, 0.1) is 11.6 Å². The summed E-state index contributed by atoms with van der Waals surface area (Å²) in [7, 11) is 0. The van der Waals surface area contributed by atoms with Crippen LogP contribution in [0.3, 0.4) is 0 Å². The van der Waals surface area contributed by atoms with Crippen LogP contribution in [-0.4, -0.2) is 38.7 Å². The van der Waals surface area contributed by atoms with Crippen molar-refractivity contribution in [3.63, 3.8) is 0 Å². The van der Waals surface area contributed by atoms with Gasteiger partial charge >= 0.3 is 0 Å². The smallest absolute Gasteiger partial charge is 0.244 e. The van der Waals surface area contributed by atoms with Crippen molar-refractivity contribution in [1.82, 2.24) is 19.7 Å². The van der Waals surface area contributed by atoms with E-state index in [1.165, 1.54) is 6.07 Å². The molecule has 2 aromatic heterocycles. The first-order valence-electron chi connectivity index (χ1n) is 7.66. The highest BCUT2D eigenvalue weighted by atomic mass is 19.2. The molecule has 24 heavy (non-hydrogen) atoms. The SMILES string of the molecule is O=C(Cn1ncc2ncc(-c3ccc(F)c(F)c3)cc21)N1CCC1. The Morgan fingerprint density at radius 2 is 1.92 bits per heavy atom. The summed E-state index contributed by atoms with van der Waals surface area (Å²) in [5.41, 5.74) is 2.49. The number of aromatic nitrogens is 3. The Labute approximate surface area is 136 Å². The van der Waals surface area contributed by atoms with E-state index in [4.69, 9.17) is 0 Å². The lowest BCUT2D eigenvalue weighted by Gasteiger charge is -2.30. The average molecular weight is 328 g/mol. The first-order chi connectivity index (χ1) is 11.6. The van der Waals surface area contributed by atoms with Gasteiger partial charge in [-0.3, -0.25) is 14.5 Å². The first-order valence-corrected chi connectivity index (χ1v) is 7.66. The van der Waals surface area contributed by atoms with Crippen molar-refractivity contribution >= 4 is 16.9 Å². The summed E-state index contributed by atoms with van der Waals surface area (Å²) in [5.74, 6) is -1.78. The molecule has 1 saturated heterocycles. The Kier molecular flexibility index (Phi) is 3.48. The third kappa shape index (κ3) is 2.51. The van der Waals surface area contributed by atoms with E-state index in [0.717, 1.165) is 31.6 Å². The third-order valence-corrected chi connectivity index (χ3v) is 4.24. The molecule has 0 bridgehead atoms. The Morgan fingerprint density at radius 1 is 1.08 bits per heavy atom. The number of likely N-dealkylation sites (tertiary alicyclic amines) is 1. The maximum atomic E-state index is 13.4. The van der Waals surface area contributed by atoms with Crippen LogP contribution >= 0.6 is 0 Å². The number of hydrogen-bond acceptors (Lipinski definition) is 3. The van der Waals surface area contributed by atoms with Crippen LogP contribution in [0.15, 0.2) is 36.7 Å². The van der Waals surface area contributed by atoms with E-state index in [9.17, 15) is 13.6 Å². The maximum Gasteiger partial charge on any atom is 0.244 e. The number of carbonyl (C=O) groups excluding carboxylic acids is 1. The van der Waals surface area contributed by atoms with Gasteiger partial charge in [-0.15, -0.1) is 0 Å². The summed E-state index contributed by atoms with van der Waals surface area (Å²) in [4.78, 5) is 18.2. The van der Waals surface area contributed by atoms with Crippen LogP contribution in [0.1, 0.15) is 6.42 Å². The third-order valence-electron chi connectivity index (χ3n) is 4.24. The summed E-state index contributed by atoms with van der Waals surface area (Å²) >= 11 is 0. The van der Waals surface area contributed by atoms with Gasteiger partial charge in [0.1, 0.15) is 12.1 Å². The summed E-state index contributed by atoms with van der Waals surface area (Å²) in [6, 6.07) is 5.49. The molecule has 0 atom stereocenters. The van der Waals surface area contributed by atoms with Gasteiger partial charge in [0.05, 0.1) is 11.7 Å². The number of carbonyl (C=O) groups is 1. The van der Waals surface area contributed by atoms with Gasteiger partial charge in [0.15, 0.2) is 11.6 Å². The highest BCUT2D eigenvalue weighted by Gasteiger charge is 2.21. The molecule has 5 nitrogen and oxygen atoms in total. The Bertz CT molecular complexity index is 933. The Balaban J connectivity index is 1.69. The van der Waals surface area contributed by atoms with E-state index < -0.39 is 11.6 Å². The second kappa shape index (κ2) is 5.67. The number of hydrogen-bond donors (Lipinski definition) is 0. The van der Waals surface area contributed by atoms with Crippen molar-refractivity contribution in [2.75, 3.05) is 13.1 Å². The minimum atomic E-state index is -0.908. The molecule has 0 spiro atoms. The molecular formula is C17H14F2N4O. The summed E-state index contributed by atoms with van der Waals surface area (Å²) < 4.78 is 28.1. The Hall–Kier alpha value is -2.83. The van der Waals surface area contributed by atoms with E-state index in [2.05, 4.69) is 10.1 Å². The molecule has 1 aliphatic rings. The van der Waals surface area contributed by atoms with Gasteiger partial charge in [0.25, 0.3) is 0 Å². The lowest BCUT2D eigenvalue weighted by molar-refractivity contribution is -0.135. The molecule has 1 fully saturated rings. The second-order valence-electron chi connectivity index (χ2n) is 5.79. The van der Waals surface area contributed by atoms with Crippen molar-refractivity contribution in [2.24, 2.45) is 0 Å². The van der Waals surface area contributed by atoms with E-state index in [1.807, 2.05) is 0 Å². The zero-order valence-corrected chi connectivity index (χ0v) is 12.7. The lowest BCUT2D eigenvalue weighted by Crippen LogP contribution is -2.43. The first kappa shape index (κ1) is 14.7. The van der Waals surface area contributed by atoms with Crippen molar-refractivity contribution in [2.45, 2.75) is 13.0 Å². The van der Waals surface area contributed by atoms with Crippen LogP contribution in [0.25, 0.3) is 22.2 Å². The molecule has 0 N–H and O–H groups in total. The number of halogens is 2. The summed E-state index contributed by atoms with van der Waals surface area (Å²) in [5, 5.41) is 4.22. The van der Waals surface area contributed by atoms with Crippen molar-refractivity contribution in [3.8, 4) is 11.1 Å². The minimum absolute atomic E-state index is 0.0180. The monoisotopic (exact) mass is 328 g/mol. The van der Waals surface area contributed by atoms with Gasteiger partial charge in [-0.05, 0) is 30.2 Å². The van der Waals surface area contributed by atoms with Crippen LogP contribution in [0.2, 0.25) is 0 Å². The maximum absolute atomic E-state index is 13.4. The second-order valence-corrected chi connectivity index (χ2v) is 5.79. The predicted molar refractivity (Wildman–Crippen MR) is 84.1 cm³/mol. The number of rotatable bonds is 3. The van der Waals surface area contributed by atoms with Crippen LogP contribution < -0.4 is 0 Å². The van der Waals surface area contributed by atoms with E-state index in [1.54, 1.807) is 28.0 Å². The van der Waals surface area contributed by atoms with Gasteiger partial charge in [-0.2, -0.15) is 5.10 Å². The predicted octanol–water partition coefficient (Wildman–Crippen LogP) is 2.61. The summed E-state index contributed by atoms with van der Waals surface area (Å²) in [6.07, 6.45) is 4.21. The number of amides is 1. The molecule has 1 aliphatic heterocycles. The van der Waals surface area contributed by atoms with Crippen LogP contribution in [0.5, 0.6) is 0 Å². The van der Waals surface area contributed by atoms with E-state index in [-0.39, 0.29) is 12.5 Å². The lowest BCUT2D eigenvalue weighted by atomic mass is 10.1. The topological polar surface area (TPSA) is 51.0 Å². The zero-order chi connectivity index (χ0) is 16.7. The Morgan fingerprint density at radius 3 is 2.62 bits per heavy atom. The molecule has 4 rings (SSSR count). The summed E-state index contributed by atoms with van der Waals surface area (Å²) in [6.45, 7) is 1.72. The molecular weight excluding hydrogens is 314 g/mol. The van der Waals surface area contributed by atoms with Crippen LogP contribution in [-0.2, 0) is 11.3 Å². The van der Waals surface area contributed by atoms with Crippen molar-refractivity contribution in [1.29, 1.82) is 0 Å². The number of pyridine rings is 1. The fourth-order valence-electron chi connectivity index (χ4n) is 2.71. The van der Waals surface area contributed by atoms with Gasteiger partial charge in [-0.1, -0.05) is 6.07 Å². The molecule has 0 unspecified atom stereocenters. The quantitative estimate of drug-likeness (QED) is 0.743. The molecule has 7 heteroatoms. The van der Waals surface area contributed by atoms with Gasteiger partial charge in [0.2, 0.25) is 5.91 Å². The molecule has 0 saturated carbocycles. The van der Waals surface area contributed by atoms with Gasteiger partial charge in [0, 0.05) is 24.8 Å². The fraction of sp³-hybridized carbons (Fsp3) is 0.235. The standard InChI is InChI=1S/C17H14F2N4O/c18-13-3-2-11(6-14(13)19)12-7-16-15(20-8-12)9-21-23(16)10-17(24)22-4-1-5-22/h2-3,6-9H,1,4-5,10H2. The molecule has 0 radical (unpaired) electrons. The molecule has 1 amide bonds.